The van der Waals surface area contributed by atoms with Gasteiger partial charge in [0.25, 0.3) is 0 Å². The standard InChI is InChI=1S/C26H40NO3.C6H6.4C2H6/c1-27(2,3)19-22-28-20-11-6-4-5-7-12-21-29-25-15-17-26(18-16-25)30-23-24-13-9-8-10-14-24;1-2-4-6-5-3-1;4*1-2/h8-10,13-18H,4-7,11-12,19-23H2,1-3H3;1-6H;4*1-2H3/q+1;;;;;. The molecule has 0 spiro atoms. The van der Waals surface area contributed by atoms with Crippen LogP contribution < -0.4 is 9.47 Å². The third-order valence-electron chi connectivity index (χ3n) is 5.60. The fraction of sp³-hybridized carbons (Fsp3) is 0.550. The molecule has 0 atom stereocenters. The van der Waals surface area contributed by atoms with Crippen LogP contribution in [-0.2, 0) is 11.3 Å². The van der Waals surface area contributed by atoms with E-state index in [4.69, 9.17) is 14.2 Å². The lowest BCUT2D eigenvalue weighted by molar-refractivity contribution is -0.870. The van der Waals surface area contributed by atoms with Crippen LogP contribution in [0.2, 0.25) is 0 Å². The molecule has 0 radical (unpaired) electrons. The van der Waals surface area contributed by atoms with E-state index in [9.17, 15) is 0 Å². The first-order valence-electron chi connectivity index (χ1n) is 17.3. The van der Waals surface area contributed by atoms with E-state index in [1.807, 2.05) is 134 Å². The summed E-state index contributed by atoms with van der Waals surface area (Å²) in [5.74, 6) is 1.78. The first-order chi connectivity index (χ1) is 21.5. The van der Waals surface area contributed by atoms with Gasteiger partial charge in [-0.05, 0) is 42.7 Å². The number of quaternary nitrogens is 1. The average Bonchev–Trinajstić information content (AvgIpc) is 3.09. The molecule has 0 fully saturated rings. The minimum atomic E-state index is 0.587. The summed E-state index contributed by atoms with van der Waals surface area (Å²) in [5, 5.41) is 0. The SMILES string of the molecule is CC.CC.CC.CC.C[N+](C)(C)CCOCCCCCCCCOc1ccc(OCc2ccccc2)cc1.c1ccccc1. The first kappa shape index (κ1) is 45.6. The van der Waals surface area contributed by atoms with Crippen LogP contribution in [0.5, 0.6) is 11.5 Å². The summed E-state index contributed by atoms with van der Waals surface area (Å²) in [6.07, 6.45) is 7.32. The fourth-order valence-corrected chi connectivity index (χ4v) is 3.40. The summed E-state index contributed by atoms with van der Waals surface area (Å²) < 4.78 is 18.3. The second kappa shape index (κ2) is 36.4. The summed E-state index contributed by atoms with van der Waals surface area (Å²) >= 11 is 0. The number of nitrogens with zero attached hydrogens (tertiary/aromatic N) is 1. The van der Waals surface area contributed by atoms with Crippen LogP contribution in [0.25, 0.3) is 0 Å². The summed E-state index contributed by atoms with van der Waals surface area (Å²) in [6.45, 7) is 20.2. The molecule has 0 aromatic heterocycles. The molecule has 0 saturated heterocycles. The molecule has 0 aliphatic rings. The van der Waals surface area contributed by atoms with Gasteiger partial charge in [-0.2, -0.15) is 0 Å². The van der Waals surface area contributed by atoms with Crippen molar-refractivity contribution in [3.63, 3.8) is 0 Å². The van der Waals surface area contributed by atoms with Crippen molar-refractivity contribution in [1.82, 2.24) is 0 Å². The fourth-order valence-electron chi connectivity index (χ4n) is 3.40. The minimum absolute atomic E-state index is 0.587. The van der Waals surface area contributed by atoms with Crippen molar-refractivity contribution < 1.29 is 18.7 Å². The molecular weight excluding hydrogens is 542 g/mol. The van der Waals surface area contributed by atoms with Crippen molar-refractivity contribution in [2.45, 2.75) is 101 Å². The number of hydrogen-bond acceptors (Lipinski definition) is 3. The molecule has 0 aliphatic carbocycles. The summed E-state index contributed by atoms with van der Waals surface area (Å²) in [4.78, 5) is 0. The van der Waals surface area contributed by atoms with Crippen molar-refractivity contribution in [2.24, 2.45) is 0 Å². The smallest absolute Gasteiger partial charge is 0.120 e. The minimum Gasteiger partial charge on any atom is -0.494 e. The predicted octanol–water partition coefficient (Wildman–Crippen LogP) is 11.5. The van der Waals surface area contributed by atoms with Crippen molar-refractivity contribution in [3.8, 4) is 11.5 Å². The van der Waals surface area contributed by atoms with Crippen molar-refractivity contribution in [2.75, 3.05) is 47.5 Å². The van der Waals surface area contributed by atoms with Gasteiger partial charge in [0.2, 0.25) is 0 Å². The van der Waals surface area contributed by atoms with E-state index in [0.29, 0.717) is 6.61 Å². The topological polar surface area (TPSA) is 27.7 Å². The van der Waals surface area contributed by atoms with E-state index in [2.05, 4.69) is 33.3 Å². The third kappa shape index (κ3) is 32.1. The highest BCUT2D eigenvalue weighted by atomic mass is 16.5. The molecule has 3 rings (SSSR count). The maximum Gasteiger partial charge on any atom is 0.120 e. The number of benzene rings is 3. The number of hydrogen-bond donors (Lipinski definition) is 0. The monoisotopic (exact) mass is 613 g/mol. The summed E-state index contributed by atoms with van der Waals surface area (Å²) in [7, 11) is 6.59. The van der Waals surface area contributed by atoms with Gasteiger partial charge in [-0.3, -0.25) is 0 Å². The Bertz CT molecular complexity index is 851. The van der Waals surface area contributed by atoms with Gasteiger partial charge in [0.15, 0.2) is 0 Å². The molecule has 3 aromatic rings. The number of unbranched alkanes of at least 4 members (excludes halogenated alkanes) is 5. The van der Waals surface area contributed by atoms with E-state index in [0.717, 1.165) is 48.8 Å². The van der Waals surface area contributed by atoms with Crippen LogP contribution in [0.15, 0.2) is 91.0 Å². The zero-order chi connectivity index (χ0) is 33.7. The Labute approximate surface area is 274 Å². The zero-order valence-electron chi connectivity index (χ0n) is 30.6. The van der Waals surface area contributed by atoms with Gasteiger partial charge in [0.1, 0.15) is 24.7 Å². The van der Waals surface area contributed by atoms with Crippen LogP contribution in [0.3, 0.4) is 0 Å². The summed E-state index contributed by atoms with van der Waals surface area (Å²) in [5.41, 5.74) is 1.17. The van der Waals surface area contributed by atoms with Crippen molar-refractivity contribution in [3.05, 3.63) is 96.6 Å². The quantitative estimate of drug-likeness (QED) is 0.119. The van der Waals surface area contributed by atoms with Crippen LogP contribution in [0.1, 0.15) is 99.5 Å². The molecule has 4 heteroatoms. The molecule has 0 N–H and O–H groups in total. The normalized spacial score (nSPS) is 9.43. The van der Waals surface area contributed by atoms with Gasteiger partial charge in [-0.1, -0.05) is 148 Å². The lowest BCUT2D eigenvalue weighted by atomic mass is 10.1. The number of rotatable bonds is 16. The molecule has 0 aliphatic heterocycles. The lowest BCUT2D eigenvalue weighted by Crippen LogP contribution is -2.37. The van der Waals surface area contributed by atoms with Gasteiger partial charge in [-0.25, -0.2) is 0 Å². The molecule has 252 valence electrons. The second-order valence-corrected chi connectivity index (χ2v) is 10.00. The molecule has 3 aromatic carbocycles. The van der Waals surface area contributed by atoms with E-state index in [1.165, 1.54) is 37.7 Å². The zero-order valence-corrected chi connectivity index (χ0v) is 30.6. The van der Waals surface area contributed by atoms with Gasteiger partial charge in [0, 0.05) is 6.61 Å². The van der Waals surface area contributed by atoms with E-state index < -0.39 is 0 Å². The maximum atomic E-state index is 5.85. The third-order valence-corrected chi connectivity index (χ3v) is 5.60. The van der Waals surface area contributed by atoms with Gasteiger partial charge in [-0.15, -0.1) is 0 Å². The van der Waals surface area contributed by atoms with E-state index in [1.54, 1.807) is 0 Å². The highest BCUT2D eigenvalue weighted by Gasteiger charge is 2.05. The molecule has 0 amide bonds. The van der Waals surface area contributed by atoms with Crippen LogP contribution in [-0.4, -0.2) is 52.0 Å². The average molecular weight is 613 g/mol. The van der Waals surface area contributed by atoms with Gasteiger partial charge >= 0.3 is 0 Å². The molecule has 0 unspecified atom stereocenters. The Balaban J connectivity index is -0.00000101. The molecule has 0 heterocycles. The van der Waals surface area contributed by atoms with E-state index >= 15 is 0 Å². The Morgan fingerprint density at radius 1 is 0.432 bits per heavy atom. The lowest BCUT2D eigenvalue weighted by Gasteiger charge is -2.23. The maximum absolute atomic E-state index is 5.85. The second-order valence-electron chi connectivity index (χ2n) is 10.00. The molecule has 44 heavy (non-hydrogen) atoms. The van der Waals surface area contributed by atoms with Crippen LogP contribution in [0.4, 0.5) is 0 Å². The highest BCUT2D eigenvalue weighted by molar-refractivity contribution is 5.31. The Morgan fingerprint density at radius 2 is 0.818 bits per heavy atom. The number of ether oxygens (including phenoxy) is 3. The summed E-state index contributed by atoms with van der Waals surface area (Å²) in [6, 6.07) is 30.1. The van der Waals surface area contributed by atoms with Crippen molar-refractivity contribution >= 4 is 0 Å². The van der Waals surface area contributed by atoms with E-state index in [-0.39, 0.29) is 0 Å². The largest absolute Gasteiger partial charge is 0.494 e. The van der Waals surface area contributed by atoms with Crippen LogP contribution in [0, 0.1) is 0 Å². The highest BCUT2D eigenvalue weighted by Crippen LogP contribution is 2.19. The molecule has 0 saturated carbocycles. The molecule has 4 nitrogen and oxygen atoms in total. The first-order valence-corrected chi connectivity index (χ1v) is 17.3. The van der Waals surface area contributed by atoms with Crippen molar-refractivity contribution in [1.29, 1.82) is 0 Å². The van der Waals surface area contributed by atoms with Gasteiger partial charge < -0.3 is 18.7 Å². The number of likely N-dealkylation sites (N-methyl/N-ethyl adjacent to an activating group) is 1. The van der Waals surface area contributed by atoms with Gasteiger partial charge in [0.05, 0.1) is 34.4 Å². The predicted molar refractivity (Wildman–Crippen MR) is 196 cm³/mol. The molecular formula is C40H70NO3+. The van der Waals surface area contributed by atoms with Crippen LogP contribution >= 0.6 is 0 Å². The Kier molecular flexibility index (Phi) is 37.7. The Morgan fingerprint density at radius 3 is 1.27 bits per heavy atom. The molecule has 0 bridgehead atoms. The Hall–Kier alpha value is -2.82.